The van der Waals surface area contributed by atoms with E-state index in [4.69, 9.17) is 0 Å². The average molecular weight is 382 g/mol. The van der Waals surface area contributed by atoms with Gasteiger partial charge >= 0.3 is 5.00 Å². The van der Waals surface area contributed by atoms with Gasteiger partial charge in [0.1, 0.15) is 11.2 Å². The molecule has 128 valence electrons. The molecule has 1 aromatic carbocycles. The molecule has 0 aliphatic heterocycles. The second-order valence-corrected chi connectivity index (χ2v) is 7.22. The van der Waals surface area contributed by atoms with Crippen molar-refractivity contribution in [1.82, 2.24) is 9.66 Å². The van der Waals surface area contributed by atoms with Crippen molar-refractivity contribution in [2.24, 2.45) is 5.10 Å². The third-order valence-electron chi connectivity index (χ3n) is 3.66. The van der Waals surface area contributed by atoms with Crippen LogP contribution in [-0.4, -0.2) is 20.8 Å². The maximum absolute atomic E-state index is 12.8. The molecule has 0 aliphatic carbocycles. The van der Waals surface area contributed by atoms with Crippen molar-refractivity contribution in [3.05, 3.63) is 79.5 Å². The first kappa shape index (κ1) is 16.3. The second kappa shape index (κ2) is 6.62. The van der Waals surface area contributed by atoms with Gasteiger partial charge in [-0.25, -0.2) is 4.98 Å². The van der Waals surface area contributed by atoms with Crippen molar-refractivity contribution < 1.29 is 4.92 Å². The molecule has 26 heavy (non-hydrogen) atoms. The third-order valence-corrected chi connectivity index (χ3v) is 5.52. The molecule has 3 heterocycles. The van der Waals surface area contributed by atoms with Crippen molar-refractivity contribution in [2.45, 2.75) is 0 Å². The van der Waals surface area contributed by atoms with Crippen molar-refractivity contribution >= 4 is 44.1 Å². The number of hydrogen-bond donors (Lipinski definition) is 0. The van der Waals surface area contributed by atoms with Crippen LogP contribution in [0.15, 0.2) is 64.1 Å². The second-order valence-electron chi connectivity index (χ2n) is 5.27. The van der Waals surface area contributed by atoms with E-state index in [-0.39, 0.29) is 10.6 Å². The number of fused-ring (bicyclic) bond motifs is 1. The Balaban J connectivity index is 1.77. The summed E-state index contributed by atoms with van der Waals surface area (Å²) >= 11 is 2.39. The molecule has 4 rings (SSSR count). The number of nitrogens with zero attached hydrogens (tertiary/aromatic N) is 4. The number of aromatic nitrogens is 2. The summed E-state index contributed by atoms with van der Waals surface area (Å²) in [7, 11) is 0. The lowest BCUT2D eigenvalue weighted by Gasteiger charge is -2.00. The first-order valence-corrected chi connectivity index (χ1v) is 9.16. The van der Waals surface area contributed by atoms with Gasteiger partial charge in [0.05, 0.1) is 21.4 Å². The largest absolute Gasteiger partial charge is 0.324 e. The fraction of sp³-hybridized carbons (Fsp3) is 0. The monoisotopic (exact) mass is 382 g/mol. The number of hydrogen-bond acceptors (Lipinski definition) is 7. The Kier molecular flexibility index (Phi) is 4.15. The summed E-state index contributed by atoms with van der Waals surface area (Å²) in [6, 6.07) is 12.6. The highest BCUT2D eigenvalue weighted by atomic mass is 32.1. The van der Waals surface area contributed by atoms with Crippen LogP contribution in [0, 0.1) is 10.1 Å². The minimum Gasteiger partial charge on any atom is -0.267 e. The Hall–Kier alpha value is -3.17. The van der Waals surface area contributed by atoms with Crippen LogP contribution in [0.4, 0.5) is 5.00 Å². The summed E-state index contributed by atoms with van der Waals surface area (Å²) in [6.07, 6.45) is 2.77. The standard InChI is InChI=1S/C17H10N4O3S2/c22-17-15-13(11-4-2-1-3-5-11)9-25-16(15)18-10-20(17)19-8-12-6-7-14(26-12)21(23)24/h1-10H/b19-8+. The highest BCUT2D eigenvalue weighted by Crippen LogP contribution is 2.30. The molecular formula is C17H10N4O3S2. The van der Waals surface area contributed by atoms with Crippen LogP contribution in [-0.2, 0) is 0 Å². The van der Waals surface area contributed by atoms with E-state index in [0.717, 1.165) is 27.1 Å². The molecule has 7 nitrogen and oxygen atoms in total. The predicted octanol–water partition coefficient (Wildman–Crippen LogP) is 3.98. The van der Waals surface area contributed by atoms with Crippen LogP contribution in [0.5, 0.6) is 0 Å². The fourth-order valence-corrected chi connectivity index (χ4v) is 4.06. The van der Waals surface area contributed by atoms with Gasteiger partial charge in [0.25, 0.3) is 5.56 Å². The molecule has 0 amide bonds. The van der Waals surface area contributed by atoms with Gasteiger partial charge in [-0.2, -0.15) is 9.78 Å². The zero-order valence-corrected chi connectivity index (χ0v) is 14.7. The van der Waals surface area contributed by atoms with Crippen LogP contribution in [0.1, 0.15) is 4.88 Å². The molecule has 0 aliphatic rings. The van der Waals surface area contributed by atoms with E-state index in [1.54, 1.807) is 6.07 Å². The topological polar surface area (TPSA) is 90.4 Å². The number of rotatable bonds is 4. The highest BCUT2D eigenvalue weighted by molar-refractivity contribution is 7.17. The minimum absolute atomic E-state index is 0.0246. The molecule has 0 saturated heterocycles. The summed E-state index contributed by atoms with van der Waals surface area (Å²) in [5.74, 6) is 0. The molecule has 9 heteroatoms. The zero-order valence-electron chi connectivity index (χ0n) is 13.1. The molecule has 0 N–H and O–H groups in total. The number of nitro groups is 1. The predicted molar refractivity (Wildman–Crippen MR) is 103 cm³/mol. The van der Waals surface area contributed by atoms with Gasteiger partial charge in [0, 0.05) is 17.0 Å². The van der Waals surface area contributed by atoms with Crippen molar-refractivity contribution in [1.29, 1.82) is 0 Å². The summed E-state index contributed by atoms with van der Waals surface area (Å²) in [5, 5.41) is 17.3. The Morgan fingerprint density at radius 2 is 2.00 bits per heavy atom. The lowest BCUT2D eigenvalue weighted by atomic mass is 10.1. The lowest BCUT2D eigenvalue weighted by molar-refractivity contribution is -0.380. The Morgan fingerprint density at radius 1 is 1.19 bits per heavy atom. The van der Waals surface area contributed by atoms with Crippen LogP contribution in [0.2, 0.25) is 0 Å². The van der Waals surface area contributed by atoms with E-state index in [1.165, 1.54) is 29.9 Å². The molecule has 0 bridgehead atoms. The minimum atomic E-state index is -0.459. The van der Waals surface area contributed by atoms with Gasteiger partial charge in [-0.3, -0.25) is 14.9 Å². The number of benzene rings is 1. The molecule has 0 spiro atoms. The van der Waals surface area contributed by atoms with Gasteiger partial charge < -0.3 is 0 Å². The van der Waals surface area contributed by atoms with Crippen LogP contribution in [0.3, 0.4) is 0 Å². The highest BCUT2D eigenvalue weighted by Gasteiger charge is 2.13. The molecule has 3 aromatic heterocycles. The SMILES string of the molecule is O=c1c2c(-c3ccccc3)csc2ncn1/N=C/c1ccc([N+](=O)[O-])s1. The normalized spacial score (nSPS) is 11.4. The Morgan fingerprint density at radius 3 is 2.73 bits per heavy atom. The van der Waals surface area contributed by atoms with Crippen molar-refractivity contribution in [2.75, 3.05) is 0 Å². The van der Waals surface area contributed by atoms with Crippen LogP contribution < -0.4 is 5.56 Å². The van der Waals surface area contributed by atoms with Gasteiger partial charge in [-0.15, -0.1) is 11.3 Å². The van der Waals surface area contributed by atoms with Crippen molar-refractivity contribution in [3.63, 3.8) is 0 Å². The molecule has 4 aromatic rings. The lowest BCUT2D eigenvalue weighted by Crippen LogP contribution is -2.16. The van der Waals surface area contributed by atoms with Gasteiger partial charge in [0.2, 0.25) is 0 Å². The summed E-state index contributed by atoms with van der Waals surface area (Å²) in [6.45, 7) is 0. The summed E-state index contributed by atoms with van der Waals surface area (Å²) < 4.78 is 1.15. The average Bonchev–Trinajstić information content (AvgIpc) is 3.29. The maximum atomic E-state index is 12.8. The van der Waals surface area contributed by atoms with E-state index in [9.17, 15) is 14.9 Å². The van der Waals surface area contributed by atoms with E-state index in [2.05, 4.69) is 10.1 Å². The maximum Gasteiger partial charge on any atom is 0.324 e. The zero-order chi connectivity index (χ0) is 18.1. The smallest absolute Gasteiger partial charge is 0.267 e. The quantitative estimate of drug-likeness (QED) is 0.303. The molecule has 0 unspecified atom stereocenters. The molecule has 0 atom stereocenters. The first-order chi connectivity index (χ1) is 12.6. The summed E-state index contributed by atoms with van der Waals surface area (Å²) in [5.41, 5.74) is 1.48. The van der Waals surface area contributed by atoms with Crippen LogP contribution in [0.25, 0.3) is 21.3 Å². The van der Waals surface area contributed by atoms with E-state index in [1.807, 2.05) is 35.7 Å². The van der Waals surface area contributed by atoms with Gasteiger partial charge in [-0.1, -0.05) is 41.7 Å². The van der Waals surface area contributed by atoms with Crippen LogP contribution >= 0.6 is 22.7 Å². The molecule has 0 radical (unpaired) electrons. The molecule has 0 fully saturated rings. The first-order valence-electron chi connectivity index (χ1n) is 7.46. The summed E-state index contributed by atoms with van der Waals surface area (Å²) in [4.78, 5) is 28.6. The van der Waals surface area contributed by atoms with Crippen molar-refractivity contribution in [3.8, 4) is 11.1 Å². The third kappa shape index (κ3) is 2.93. The van der Waals surface area contributed by atoms with E-state index >= 15 is 0 Å². The molecule has 0 saturated carbocycles. The van der Waals surface area contributed by atoms with Gasteiger partial charge in [-0.05, 0) is 11.6 Å². The van der Waals surface area contributed by atoms with E-state index < -0.39 is 4.92 Å². The molecular weight excluding hydrogens is 372 g/mol. The fourth-order valence-electron chi connectivity index (χ4n) is 2.46. The Bertz CT molecular complexity index is 1190. The van der Waals surface area contributed by atoms with E-state index in [0.29, 0.717) is 15.1 Å². The number of thiophene rings is 2. The van der Waals surface area contributed by atoms with Gasteiger partial charge in [0.15, 0.2) is 0 Å². The Labute approximate surface area is 154 Å².